The standard InChI is InChI=1S/C25H21ClF3N3O3S2/c1-24(33,25(27,28)29)14-11-12-30-20(13-14)17-6-4-8-19-22(17)36-23(31-19)21(16-5-2-3-7-18(16)26)32-37(34,35)15-9-10-15/h2-8,11-13,15,21,32-33H,9-10H2,1H3/t21?,24-/m1/s1. The lowest BCUT2D eigenvalue weighted by molar-refractivity contribution is -0.258. The molecule has 1 fully saturated rings. The van der Waals surface area contributed by atoms with Gasteiger partial charge in [-0.25, -0.2) is 18.1 Å². The zero-order valence-electron chi connectivity index (χ0n) is 19.3. The predicted octanol–water partition coefficient (Wildman–Crippen LogP) is 5.95. The Hall–Kier alpha value is -2.57. The van der Waals surface area contributed by atoms with E-state index in [0.29, 0.717) is 51.1 Å². The highest BCUT2D eigenvalue weighted by atomic mass is 35.5. The summed E-state index contributed by atoms with van der Waals surface area (Å²) >= 11 is 7.63. The van der Waals surface area contributed by atoms with Crippen LogP contribution in [0.25, 0.3) is 21.5 Å². The summed E-state index contributed by atoms with van der Waals surface area (Å²) in [4.78, 5) is 8.91. The smallest absolute Gasteiger partial charge is 0.376 e. The molecule has 2 aromatic carbocycles. The highest BCUT2D eigenvalue weighted by Gasteiger charge is 2.51. The normalized spacial score (nSPS) is 17.0. The zero-order valence-corrected chi connectivity index (χ0v) is 21.7. The van der Waals surface area contributed by atoms with E-state index in [1.807, 2.05) is 0 Å². The fourth-order valence-electron chi connectivity index (χ4n) is 3.93. The van der Waals surface area contributed by atoms with Crippen LogP contribution < -0.4 is 4.72 Å². The lowest BCUT2D eigenvalue weighted by Gasteiger charge is -2.26. The van der Waals surface area contributed by atoms with Crippen LogP contribution in [0.3, 0.4) is 0 Å². The summed E-state index contributed by atoms with van der Waals surface area (Å²) in [7, 11) is -3.62. The molecule has 0 spiro atoms. The SMILES string of the molecule is C[C@@](O)(c1ccnc(-c2cccc3nc(C(NS(=O)(=O)C4CC4)c4ccccc4Cl)sc23)c1)C(F)(F)F. The largest absolute Gasteiger partial charge is 0.421 e. The van der Waals surface area contributed by atoms with Crippen molar-refractivity contribution in [3.63, 3.8) is 0 Å². The van der Waals surface area contributed by atoms with Crippen molar-refractivity contribution in [2.45, 2.75) is 42.8 Å². The van der Waals surface area contributed by atoms with Crippen LogP contribution in [0.15, 0.2) is 60.8 Å². The van der Waals surface area contributed by atoms with Gasteiger partial charge >= 0.3 is 6.18 Å². The van der Waals surface area contributed by atoms with Crippen molar-refractivity contribution in [3.05, 3.63) is 82.0 Å². The first kappa shape index (κ1) is 26.1. The number of nitrogens with zero attached hydrogens (tertiary/aromatic N) is 2. The average molecular weight is 568 g/mol. The molecule has 2 atom stereocenters. The van der Waals surface area contributed by atoms with Crippen molar-refractivity contribution >= 4 is 43.2 Å². The predicted molar refractivity (Wildman–Crippen MR) is 137 cm³/mol. The number of pyridine rings is 1. The van der Waals surface area contributed by atoms with E-state index in [9.17, 15) is 26.7 Å². The van der Waals surface area contributed by atoms with E-state index in [1.165, 1.54) is 23.6 Å². The van der Waals surface area contributed by atoms with Gasteiger partial charge in [-0.1, -0.05) is 41.9 Å². The van der Waals surface area contributed by atoms with E-state index in [0.717, 1.165) is 6.07 Å². The summed E-state index contributed by atoms with van der Waals surface area (Å²) in [5.74, 6) is 0. The molecule has 1 aliphatic carbocycles. The molecule has 1 aliphatic rings. The Morgan fingerprint density at radius 1 is 1.14 bits per heavy atom. The molecule has 2 N–H and O–H groups in total. The molecule has 194 valence electrons. The number of fused-ring (bicyclic) bond motifs is 1. The highest BCUT2D eigenvalue weighted by Crippen LogP contribution is 2.42. The Kier molecular flexibility index (Phi) is 6.56. The van der Waals surface area contributed by atoms with Gasteiger partial charge in [-0.05, 0) is 55.2 Å². The molecule has 6 nitrogen and oxygen atoms in total. The Bertz CT molecular complexity index is 1580. The van der Waals surface area contributed by atoms with E-state index >= 15 is 0 Å². The van der Waals surface area contributed by atoms with E-state index in [1.54, 1.807) is 42.5 Å². The van der Waals surface area contributed by atoms with Crippen LogP contribution in [0, 0.1) is 0 Å². The van der Waals surface area contributed by atoms with Gasteiger partial charge in [0.2, 0.25) is 10.0 Å². The number of halogens is 4. The van der Waals surface area contributed by atoms with Crippen molar-refractivity contribution in [2.24, 2.45) is 0 Å². The quantitative estimate of drug-likeness (QED) is 0.288. The third-order valence-electron chi connectivity index (χ3n) is 6.29. The Balaban J connectivity index is 1.62. The number of benzene rings is 2. The minimum absolute atomic E-state index is 0.218. The van der Waals surface area contributed by atoms with Crippen LogP contribution >= 0.6 is 22.9 Å². The molecule has 12 heteroatoms. The van der Waals surface area contributed by atoms with Gasteiger partial charge in [-0.2, -0.15) is 13.2 Å². The second-order valence-corrected chi connectivity index (χ2v) is 12.5. The van der Waals surface area contributed by atoms with Crippen molar-refractivity contribution in [1.29, 1.82) is 0 Å². The Morgan fingerprint density at radius 3 is 2.54 bits per heavy atom. The number of aliphatic hydroxyl groups is 1. The molecule has 0 aliphatic heterocycles. The molecule has 0 bridgehead atoms. The van der Waals surface area contributed by atoms with Crippen LogP contribution in [-0.4, -0.2) is 34.9 Å². The number of hydrogen-bond donors (Lipinski definition) is 2. The van der Waals surface area contributed by atoms with Crippen LogP contribution in [0.2, 0.25) is 5.02 Å². The summed E-state index contributed by atoms with van der Waals surface area (Å²) in [5, 5.41) is 10.5. The maximum atomic E-state index is 13.4. The topological polar surface area (TPSA) is 92.2 Å². The minimum atomic E-state index is -4.88. The molecule has 0 saturated heterocycles. The van der Waals surface area contributed by atoms with Gasteiger partial charge in [-0.3, -0.25) is 4.98 Å². The van der Waals surface area contributed by atoms with E-state index in [4.69, 9.17) is 11.6 Å². The zero-order chi connectivity index (χ0) is 26.6. The molecule has 4 aromatic rings. The monoisotopic (exact) mass is 567 g/mol. The van der Waals surface area contributed by atoms with Gasteiger partial charge < -0.3 is 5.11 Å². The van der Waals surface area contributed by atoms with Gasteiger partial charge in [0.25, 0.3) is 0 Å². The highest BCUT2D eigenvalue weighted by molar-refractivity contribution is 7.90. The number of nitrogens with one attached hydrogen (secondary N) is 1. The van der Waals surface area contributed by atoms with Gasteiger partial charge in [0, 0.05) is 16.8 Å². The maximum absolute atomic E-state index is 13.4. The van der Waals surface area contributed by atoms with Crippen LogP contribution in [0.5, 0.6) is 0 Å². The Labute approximate surface area is 220 Å². The summed E-state index contributed by atoms with van der Waals surface area (Å²) in [5.41, 5.74) is -1.63. The van der Waals surface area contributed by atoms with Crippen molar-refractivity contribution in [1.82, 2.24) is 14.7 Å². The minimum Gasteiger partial charge on any atom is -0.376 e. The van der Waals surface area contributed by atoms with Gasteiger partial charge in [0.15, 0.2) is 5.60 Å². The molecular formula is C25H21ClF3N3O3S2. The van der Waals surface area contributed by atoms with Gasteiger partial charge in [0.05, 0.1) is 27.2 Å². The van der Waals surface area contributed by atoms with Crippen LogP contribution in [-0.2, 0) is 15.6 Å². The molecule has 37 heavy (non-hydrogen) atoms. The van der Waals surface area contributed by atoms with Gasteiger partial charge in [0.1, 0.15) is 5.01 Å². The van der Waals surface area contributed by atoms with Crippen molar-refractivity contribution in [3.8, 4) is 11.3 Å². The molecule has 0 radical (unpaired) electrons. The molecular weight excluding hydrogens is 547 g/mol. The van der Waals surface area contributed by atoms with E-state index < -0.39 is 33.1 Å². The molecule has 2 aromatic heterocycles. The molecule has 1 saturated carbocycles. The number of thiazole rings is 1. The first-order valence-electron chi connectivity index (χ1n) is 11.3. The van der Waals surface area contributed by atoms with Crippen LogP contribution in [0.4, 0.5) is 13.2 Å². The molecule has 1 unspecified atom stereocenters. The van der Waals surface area contributed by atoms with Gasteiger partial charge in [-0.15, -0.1) is 11.3 Å². The third-order valence-corrected chi connectivity index (χ3v) is 9.72. The van der Waals surface area contributed by atoms with Crippen molar-refractivity contribution in [2.75, 3.05) is 0 Å². The van der Waals surface area contributed by atoms with Crippen molar-refractivity contribution < 1.29 is 26.7 Å². The summed E-state index contributed by atoms with van der Waals surface area (Å²) in [6.07, 6.45) is -2.51. The average Bonchev–Trinajstić information content (AvgIpc) is 3.62. The lowest BCUT2D eigenvalue weighted by atomic mass is 9.94. The van der Waals surface area contributed by atoms with Crippen LogP contribution in [0.1, 0.15) is 41.9 Å². The second kappa shape index (κ2) is 9.32. The number of rotatable bonds is 7. The number of alkyl halides is 3. The molecule has 0 amide bonds. The van der Waals surface area contributed by atoms with E-state index in [-0.39, 0.29) is 11.3 Å². The first-order valence-corrected chi connectivity index (χ1v) is 14.0. The third kappa shape index (κ3) is 4.98. The van der Waals surface area contributed by atoms with E-state index in [2.05, 4.69) is 14.7 Å². The number of sulfonamides is 1. The maximum Gasteiger partial charge on any atom is 0.421 e. The molecule has 2 heterocycles. The summed E-state index contributed by atoms with van der Waals surface area (Å²) < 4.78 is 69.4. The number of hydrogen-bond acceptors (Lipinski definition) is 6. The fraction of sp³-hybridized carbons (Fsp3) is 0.280. The second-order valence-electron chi connectivity index (χ2n) is 9.02. The number of aromatic nitrogens is 2. The molecule has 5 rings (SSSR count). The first-order chi connectivity index (χ1) is 17.4. The summed E-state index contributed by atoms with van der Waals surface area (Å²) in [6.45, 7) is 0.692. The summed E-state index contributed by atoms with van der Waals surface area (Å²) in [6, 6.07) is 13.5. The Morgan fingerprint density at radius 2 is 1.86 bits per heavy atom. The lowest BCUT2D eigenvalue weighted by Crippen LogP contribution is -2.39. The fourth-order valence-corrected chi connectivity index (χ4v) is 6.92.